The standard InChI is InChI=1S/C82H52N6/c83-53-54-31-33-59(34-32-54)66-35-41-68(79(52-66)88-77-44-38-64(57-23-11-3-12-24-57)49-72(77)73-50-65(39-45-78(73)88)58-25-13-4-14-26-58)69-51-67(82-85-80(60-27-15-5-16-28-60)84-81(86-82)61-29-17-6-18-30-61)40-46-74(69)87-75-42-36-62(55-19-7-1-8-20-55)47-70(75)71-48-63(37-43-76(71)87)56-21-9-2-10-22-56/h1-52H. The summed E-state index contributed by atoms with van der Waals surface area (Å²) in [5.74, 6) is 1.73. The van der Waals surface area contributed by atoms with Gasteiger partial charge in [0.2, 0.25) is 0 Å². The van der Waals surface area contributed by atoms with E-state index in [0.29, 0.717) is 23.0 Å². The van der Waals surface area contributed by atoms with Crippen molar-refractivity contribution < 1.29 is 0 Å². The molecular formula is C82H52N6. The van der Waals surface area contributed by atoms with Crippen molar-refractivity contribution in [3.63, 3.8) is 0 Å². The van der Waals surface area contributed by atoms with Gasteiger partial charge in [-0.2, -0.15) is 5.26 Å². The van der Waals surface area contributed by atoms with E-state index in [0.717, 1.165) is 138 Å². The molecule has 0 atom stereocenters. The van der Waals surface area contributed by atoms with Crippen molar-refractivity contribution in [2.75, 3.05) is 0 Å². The normalized spacial score (nSPS) is 11.4. The quantitative estimate of drug-likeness (QED) is 0.129. The number of rotatable bonds is 11. The van der Waals surface area contributed by atoms with Crippen molar-refractivity contribution in [3.05, 3.63) is 321 Å². The molecule has 0 aliphatic carbocycles. The molecule has 0 aliphatic rings. The fourth-order valence-corrected chi connectivity index (χ4v) is 12.7. The van der Waals surface area contributed by atoms with Crippen LogP contribution in [-0.4, -0.2) is 24.1 Å². The third-order valence-corrected chi connectivity index (χ3v) is 17.0. The molecular weight excluding hydrogens is 1070 g/mol. The molecule has 0 aliphatic heterocycles. The van der Waals surface area contributed by atoms with Crippen LogP contribution in [-0.2, 0) is 0 Å². The van der Waals surface area contributed by atoms with E-state index in [1.54, 1.807) is 0 Å². The second-order valence-electron chi connectivity index (χ2n) is 22.3. The van der Waals surface area contributed by atoms with Crippen molar-refractivity contribution >= 4 is 43.6 Å². The van der Waals surface area contributed by atoms with Crippen LogP contribution in [0.2, 0.25) is 0 Å². The van der Waals surface area contributed by atoms with Crippen LogP contribution in [0.1, 0.15) is 5.56 Å². The summed E-state index contributed by atoms with van der Waals surface area (Å²) in [6, 6.07) is 114. The van der Waals surface area contributed by atoms with E-state index in [2.05, 4.69) is 282 Å². The van der Waals surface area contributed by atoms with Crippen LogP contribution in [0.4, 0.5) is 0 Å². The average molecular weight is 1120 g/mol. The van der Waals surface area contributed by atoms with Gasteiger partial charge in [-0.15, -0.1) is 0 Å². The second kappa shape index (κ2) is 21.9. The Kier molecular flexibility index (Phi) is 12.8. The predicted octanol–water partition coefficient (Wildman–Crippen LogP) is 20.9. The van der Waals surface area contributed by atoms with Gasteiger partial charge in [0.15, 0.2) is 17.5 Å². The molecule has 16 aromatic rings. The van der Waals surface area contributed by atoms with Crippen LogP contribution in [0, 0.1) is 11.3 Å². The van der Waals surface area contributed by atoms with E-state index < -0.39 is 0 Å². The summed E-state index contributed by atoms with van der Waals surface area (Å²) in [5.41, 5.74) is 22.6. The summed E-state index contributed by atoms with van der Waals surface area (Å²) in [6.07, 6.45) is 0. The Bertz CT molecular complexity index is 5090. The van der Waals surface area contributed by atoms with Crippen molar-refractivity contribution in [2.45, 2.75) is 0 Å². The third-order valence-electron chi connectivity index (χ3n) is 17.0. The van der Waals surface area contributed by atoms with Crippen LogP contribution >= 0.6 is 0 Å². The fourth-order valence-electron chi connectivity index (χ4n) is 12.7. The molecule has 88 heavy (non-hydrogen) atoms. The van der Waals surface area contributed by atoms with Crippen molar-refractivity contribution in [1.29, 1.82) is 5.26 Å². The van der Waals surface area contributed by atoms with E-state index in [9.17, 15) is 5.26 Å². The summed E-state index contributed by atoms with van der Waals surface area (Å²) >= 11 is 0. The van der Waals surface area contributed by atoms with Crippen LogP contribution in [0.5, 0.6) is 0 Å². The maximum atomic E-state index is 9.97. The van der Waals surface area contributed by atoms with E-state index in [4.69, 9.17) is 15.0 Å². The molecule has 3 heterocycles. The molecule has 0 radical (unpaired) electrons. The zero-order chi connectivity index (χ0) is 58.5. The highest BCUT2D eigenvalue weighted by atomic mass is 15.0. The first kappa shape index (κ1) is 51.6. The summed E-state index contributed by atoms with van der Waals surface area (Å²) < 4.78 is 4.91. The second-order valence-corrected chi connectivity index (χ2v) is 22.3. The maximum Gasteiger partial charge on any atom is 0.164 e. The van der Waals surface area contributed by atoms with Gasteiger partial charge < -0.3 is 9.13 Å². The number of hydrogen-bond acceptors (Lipinski definition) is 4. The van der Waals surface area contributed by atoms with Gasteiger partial charge in [-0.1, -0.05) is 231 Å². The average Bonchev–Trinajstić information content (AvgIpc) is 1.79. The first-order valence-corrected chi connectivity index (χ1v) is 29.6. The van der Waals surface area contributed by atoms with E-state index in [1.165, 1.54) is 0 Å². The molecule has 16 rings (SSSR count). The van der Waals surface area contributed by atoms with Gasteiger partial charge in [0.05, 0.1) is 45.1 Å². The van der Waals surface area contributed by atoms with Crippen LogP contribution < -0.4 is 0 Å². The Labute approximate surface area is 509 Å². The lowest BCUT2D eigenvalue weighted by Crippen LogP contribution is -2.04. The first-order valence-electron chi connectivity index (χ1n) is 29.6. The Hall–Kier alpha value is -12.0. The van der Waals surface area contributed by atoms with E-state index >= 15 is 0 Å². The highest BCUT2D eigenvalue weighted by molar-refractivity contribution is 6.14. The SMILES string of the molecule is N#Cc1ccc(-c2ccc(-c3cc(-c4nc(-c5ccccc5)nc(-c5ccccc5)n4)ccc3-n3c4ccc(-c5ccccc5)cc4c4cc(-c5ccccc5)ccc43)c(-n3c4ccc(-c5ccccc5)cc4c4cc(-c5ccccc5)ccc43)c2)cc1. The highest BCUT2D eigenvalue weighted by Crippen LogP contribution is 2.46. The maximum absolute atomic E-state index is 9.97. The van der Waals surface area contributed by atoms with Crippen LogP contribution in [0.15, 0.2) is 315 Å². The minimum atomic E-state index is 0.553. The summed E-state index contributed by atoms with van der Waals surface area (Å²) in [4.78, 5) is 15.8. The third kappa shape index (κ3) is 9.28. The molecule has 410 valence electrons. The Balaban J connectivity index is 1.02. The predicted molar refractivity (Wildman–Crippen MR) is 362 cm³/mol. The number of fused-ring (bicyclic) bond motifs is 6. The minimum absolute atomic E-state index is 0.553. The number of nitriles is 1. The molecule has 0 saturated heterocycles. The Morgan fingerprint density at radius 2 is 0.523 bits per heavy atom. The lowest BCUT2D eigenvalue weighted by atomic mass is 9.94. The summed E-state index contributed by atoms with van der Waals surface area (Å²) in [5, 5.41) is 14.5. The van der Waals surface area contributed by atoms with Gasteiger partial charge in [-0.05, 0) is 141 Å². The zero-order valence-electron chi connectivity index (χ0n) is 47.7. The van der Waals surface area contributed by atoms with Gasteiger partial charge in [0, 0.05) is 49.4 Å². The minimum Gasteiger partial charge on any atom is -0.309 e. The van der Waals surface area contributed by atoms with Crippen molar-refractivity contribution in [1.82, 2.24) is 24.1 Å². The van der Waals surface area contributed by atoms with Gasteiger partial charge in [0.25, 0.3) is 0 Å². The van der Waals surface area contributed by atoms with Crippen molar-refractivity contribution in [3.8, 4) is 118 Å². The molecule has 0 saturated carbocycles. The topological polar surface area (TPSA) is 72.3 Å². The molecule has 13 aromatic carbocycles. The number of hydrogen-bond donors (Lipinski definition) is 0. The Morgan fingerprint density at radius 1 is 0.227 bits per heavy atom. The lowest BCUT2D eigenvalue weighted by Gasteiger charge is -2.21. The Morgan fingerprint density at radius 3 is 0.898 bits per heavy atom. The molecule has 0 bridgehead atoms. The van der Waals surface area contributed by atoms with E-state index in [1.807, 2.05) is 48.5 Å². The molecule has 3 aromatic heterocycles. The molecule has 0 amide bonds. The molecule has 0 fully saturated rings. The number of nitrogens with zero attached hydrogens (tertiary/aromatic N) is 6. The first-order chi connectivity index (χ1) is 43.6. The highest BCUT2D eigenvalue weighted by Gasteiger charge is 2.25. The van der Waals surface area contributed by atoms with Gasteiger partial charge in [-0.3, -0.25) is 0 Å². The van der Waals surface area contributed by atoms with E-state index in [-0.39, 0.29) is 0 Å². The molecule has 0 N–H and O–H groups in total. The zero-order valence-corrected chi connectivity index (χ0v) is 47.7. The molecule has 6 heteroatoms. The van der Waals surface area contributed by atoms with Crippen LogP contribution in [0.25, 0.3) is 156 Å². The van der Waals surface area contributed by atoms with Gasteiger partial charge in [0.1, 0.15) is 0 Å². The van der Waals surface area contributed by atoms with Crippen LogP contribution in [0.3, 0.4) is 0 Å². The van der Waals surface area contributed by atoms with Gasteiger partial charge in [-0.25, -0.2) is 15.0 Å². The summed E-state index contributed by atoms with van der Waals surface area (Å²) in [7, 11) is 0. The van der Waals surface area contributed by atoms with Gasteiger partial charge >= 0.3 is 0 Å². The molecule has 6 nitrogen and oxygen atoms in total. The summed E-state index contributed by atoms with van der Waals surface area (Å²) in [6.45, 7) is 0. The smallest absolute Gasteiger partial charge is 0.164 e. The molecule has 0 spiro atoms. The number of benzene rings is 13. The monoisotopic (exact) mass is 1120 g/mol. The lowest BCUT2D eigenvalue weighted by molar-refractivity contribution is 1.07. The largest absolute Gasteiger partial charge is 0.309 e. The fraction of sp³-hybridized carbons (Fsp3) is 0. The van der Waals surface area contributed by atoms with Crippen molar-refractivity contribution in [2.24, 2.45) is 0 Å². The molecule has 0 unspecified atom stereocenters. The number of aromatic nitrogens is 5.